The summed E-state index contributed by atoms with van der Waals surface area (Å²) < 4.78 is 0. The van der Waals surface area contributed by atoms with Gasteiger partial charge in [-0.05, 0) is 0 Å². The molecule has 0 aromatic carbocycles. The molecule has 1 N–H and O–H groups in total. The van der Waals surface area contributed by atoms with Crippen molar-refractivity contribution in [1.29, 1.82) is 0 Å². The molecule has 0 aliphatic rings. The van der Waals surface area contributed by atoms with Crippen LogP contribution in [0.5, 0.6) is 0 Å². The molecule has 2 radical (unpaired) electrons. The van der Waals surface area contributed by atoms with Crippen LogP contribution in [0.25, 0.3) is 0 Å². The average molecular weight is 215 g/mol. The first-order valence-electron chi connectivity index (χ1n) is 0. The van der Waals surface area contributed by atoms with Gasteiger partial charge in [-0.25, -0.2) is 0 Å². The molecule has 0 heterocycles. The molecule has 0 bridgehead atoms. The van der Waals surface area contributed by atoms with Gasteiger partial charge in [0.1, 0.15) is 0 Å². The van der Waals surface area contributed by atoms with Crippen LogP contribution in [0.3, 0.4) is 0 Å². The Labute approximate surface area is 78.1 Å². The van der Waals surface area contributed by atoms with Crippen molar-refractivity contribution < 1.29 is 55.8 Å². The zero-order chi connectivity index (χ0) is 0. The third-order valence-corrected chi connectivity index (χ3v) is 0. The predicted octanol–water partition coefficient (Wildman–Crippen LogP) is -0.833. The van der Waals surface area contributed by atoms with E-state index in [9.17, 15) is 0 Å². The molecule has 1 nitrogen and oxygen atoms in total. The van der Waals surface area contributed by atoms with E-state index in [0.717, 1.165) is 0 Å². The number of hydrogen-bond acceptors (Lipinski definition) is 1. The minimum absolute atomic E-state index is 0. The van der Waals surface area contributed by atoms with Crippen LogP contribution in [-0.4, -0.2) is 28.5 Å². The fourth-order valence-corrected chi connectivity index (χ4v) is 0. The van der Waals surface area contributed by atoms with Gasteiger partial charge in [0.05, 0.1) is 0 Å². The molecule has 0 aromatic rings. The van der Waals surface area contributed by atoms with E-state index in [-0.39, 0.29) is 78.9 Å². The number of rotatable bonds is 0. The van der Waals surface area contributed by atoms with Crippen LogP contribution in [0, 0.1) is 0 Å². The molecule has 5 heavy (non-hydrogen) atoms. The zero-order valence-electron chi connectivity index (χ0n) is 2.47. The summed E-state index contributed by atoms with van der Waals surface area (Å²) in [4.78, 5) is 0. The first-order chi connectivity index (χ1) is 0. The van der Waals surface area contributed by atoms with Gasteiger partial charge in [0, 0.05) is 50.3 Å². The molecule has 0 saturated heterocycles. The molecule has 0 fully saturated rings. The van der Waals surface area contributed by atoms with Gasteiger partial charge in [-0.2, -0.15) is 0 Å². The third-order valence-electron chi connectivity index (χ3n) is 0. The summed E-state index contributed by atoms with van der Waals surface area (Å²) in [5.41, 5.74) is 0. The molecule has 0 atom stereocenters. The quantitative estimate of drug-likeness (QED) is 0.485. The number of hydrogen-bond donors (Lipinski definition) is 0. The van der Waals surface area contributed by atoms with Crippen LogP contribution in [-0.2, 0) is 50.3 Å². The standard InChI is InChI=1S/Co.Mg.Mn.Ni.H2O.H/h;;;;1H2;/q;+1;;;;/p-1. The molecule has 0 spiro atoms. The van der Waals surface area contributed by atoms with Gasteiger partial charge in [-0.1, -0.05) is 0 Å². The molecular weight excluding hydrogens is 213 g/mol. The van der Waals surface area contributed by atoms with E-state index in [1.54, 1.807) is 0 Å². The van der Waals surface area contributed by atoms with Crippen LogP contribution in [0.4, 0.5) is 0 Å². The Bertz CT molecular complexity index is 11.6. The summed E-state index contributed by atoms with van der Waals surface area (Å²) in [6, 6.07) is 0. The first-order valence-corrected chi connectivity index (χ1v) is 0. The maximum atomic E-state index is 0. The van der Waals surface area contributed by atoms with Crippen molar-refractivity contribution in [2.75, 3.05) is 0 Å². The van der Waals surface area contributed by atoms with E-state index in [1.807, 2.05) is 0 Å². The average Bonchev–Trinajstić information content (AvgIpc) is 0. The monoisotopic (exact) mass is 214 g/mol. The van der Waals surface area contributed by atoms with Gasteiger partial charge in [0.15, 0.2) is 0 Å². The second-order valence-corrected chi connectivity index (χ2v) is 0. The summed E-state index contributed by atoms with van der Waals surface area (Å²) in [7, 11) is 0. The molecule has 0 aromatic heterocycles. The van der Waals surface area contributed by atoms with E-state index < -0.39 is 0 Å². The smallest absolute Gasteiger partial charge is 0 e. The van der Waals surface area contributed by atoms with Gasteiger partial charge < -0.3 is 5.48 Å². The topological polar surface area (TPSA) is 30.0 Å². The van der Waals surface area contributed by atoms with Crippen LogP contribution in [0.2, 0.25) is 0 Å². The van der Waals surface area contributed by atoms with Crippen molar-refractivity contribution >= 4 is 23.1 Å². The Morgan fingerprint density at radius 2 is 1.00 bits per heavy atom. The molecule has 0 amide bonds. The van der Waals surface area contributed by atoms with Gasteiger partial charge in [-0.3, -0.25) is 0 Å². The van der Waals surface area contributed by atoms with E-state index in [0.29, 0.717) is 0 Å². The van der Waals surface area contributed by atoms with Gasteiger partial charge >= 0.3 is 23.1 Å². The molecular formula is H2CoMgMnNiO. The van der Waals surface area contributed by atoms with Crippen molar-refractivity contribution in [2.45, 2.75) is 0 Å². The molecule has 36 valence electrons. The van der Waals surface area contributed by atoms with Crippen LogP contribution in [0.1, 0.15) is 0 Å². The van der Waals surface area contributed by atoms with Crippen molar-refractivity contribution in [3.63, 3.8) is 0 Å². The molecule has 0 saturated carbocycles. The summed E-state index contributed by atoms with van der Waals surface area (Å²) in [5.74, 6) is 0. The van der Waals surface area contributed by atoms with Crippen molar-refractivity contribution in [1.82, 2.24) is 0 Å². The molecule has 0 aliphatic carbocycles. The molecule has 0 aliphatic heterocycles. The van der Waals surface area contributed by atoms with E-state index in [4.69, 9.17) is 0 Å². The Kier molecular flexibility index (Phi) is 382. The van der Waals surface area contributed by atoms with Gasteiger partial charge in [0.25, 0.3) is 0 Å². The fraction of sp³-hybridized carbons (Fsp3) is 0. The first kappa shape index (κ1) is 56.0. The zero-order valence-corrected chi connectivity index (χ0v) is 7.68. The second kappa shape index (κ2) is 34.1. The van der Waals surface area contributed by atoms with E-state index in [1.165, 1.54) is 0 Å². The van der Waals surface area contributed by atoms with E-state index in [2.05, 4.69) is 0 Å². The third kappa shape index (κ3) is 22.3. The largest absolute Gasteiger partial charge is 0.870 e. The van der Waals surface area contributed by atoms with Crippen molar-refractivity contribution in [3.8, 4) is 0 Å². The minimum atomic E-state index is 0. The maximum Gasteiger partial charge on any atom is 0 e. The Morgan fingerprint density at radius 1 is 1.00 bits per heavy atom. The minimum Gasteiger partial charge on any atom is -0.870 e. The van der Waals surface area contributed by atoms with Crippen molar-refractivity contribution in [3.05, 3.63) is 0 Å². The SMILES string of the molecule is [Co].[MgH+].[Mn].[Ni].[OH-]. The van der Waals surface area contributed by atoms with E-state index >= 15 is 0 Å². The molecule has 5 heteroatoms. The van der Waals surface area contributed by atoms with Gasteiger partial charge in [-0.15, -0.1) is 0 Å². The Balaban J connectivity index is 0. The van der Waals surface area contributed by atoms with Gasteiger partial charge in [0.2, 0.25) is 0 Å². The fourth-order valence-electron chi connectivity index (χ4n) is 0. The van der Waals surface area contributed by atoms with Crippen LogP contribution in [0.15, 0.2) is 0 Å². The van der Waals surface area contributed by atoms with Crippen molar-refractivity contribution in [2.24, 2.45) is 0 Å². The van der Waals surface area contributed by atoms with Crippen LogP contribution >= 0.6 is 0 Å². The summed E-state index contributed by atoms with van der Waals surface area (Å²) >= 11 is 0. The summed E-state index contributed by atoms with van der Waals surface area (Å²) in [6.45, 7) is 0. The summed E-state index contributed by atoms with van der Waals surface area (Å²) in [5, 5.41) is 0. The maximum absolute atomic E-state index is 0. The summed E-state index contributed by atoms with van der Waals surface area (Å²) in [6.07, 6.45) is 0. The van der Waals surface area contributed by atoms with Crippen LogP contribution < -0.4 is 0 Å². The molecule has 0 unspecified atom stereocenters. The normalized spacial score (nSPS) is 0. The Hall–Kier alpha value is 2.25. The molecule has 0 rings (SSSR count). The second-order valence-electron chi connectivity index (χ2n) is 0. The predicted molar refractivity (Wildman–Crippen MR) is 9.08 cm³/mol. The Morgan fingerprint density at radius 3 is 1.00 bits per heavy atom.